The normalized spacial score (nSPS) is 24.7. The number of rotatable bonds is 6. The van der Waals surface area contributed by atoms with Crippen LogP contribution < -0.4 is 5.32 Å². The molecule has 0 unspecified atom stereocenters. The number of benzene rings is 1. The lowest BCUT2D eigenvalue weighted by atomic mass is 10.1. The van der Waals surface area contributed by atoms with Crippen molar-refractivity contribution < 1.29 is 16.8 Å². The van der Waals surface area contributed by atoms with E-state index in [-0.39, 0.29) is 16.4 Å². The van der Waals surface area contributed by atoms with Crippen LogP contribution in [-0.4, -0.2) is 46.2 Å². The molecule has 0 bridgehead atoms. The van der Waals surface area contributed by atoms with Crippen LogP contribution in [0.25, 0.3) is 0 Å². The minimum atomic E-state index is -3.65. The lowest BCUT2D eigenvalue weighted by Crippen LogP contribution is -2.43. The topological polar surface area (TPSA) is 80.3 Å². The van der Waals surface area contributed by atoms with Gasteiger partial charge in [-0.3, -0.25) is 0 Å². The summed E-state index contributed by atoms with van der Waals surface area (Å²) in [6.45, 7) is 4.77. The Kier molecular flexibility index (Phi) is 5.29. The SMILES string of the molecule is CC(C)CCN[C@H]1CS(=O)(=O)C[C@@H]1S(=O)(=O)c1ccccc1. The number of nitrogens with one attached hydrogen (secondary N) is 1. The molecule has 1 saturated heterocycles. The number of sulfone groups is 2. The molecule has 2 rings (SSSR count). The summed E-state index contributed by atoms with van der Waals surface area (Å²) in [4.78, 5) is 0.188. The van der Waals surface area contributed by atoms with Gasteiger partial charge in [-0.2, -0.15) is 0 Å². The summed E-state index contributed by atoms with van der Waals surface area (Å²) in [5, 5.41) is 2.23. The van der Waals surface area contributed by atoms with Crippen LogP contribution in [0.15, 0.2) is 35.2 Å². The van der Waals surface area contributed by atoms with Crippen LogP contribution in [0.5, 0.6) is 0 Å². The van der Waals surface area contributed by atoms with Crippen molar-refractivity contribution in [2.45, 2.75) is 36.5 Å². The zero-order valence-corrected chi connectivity index (χ0v) is 14.5. The molecular formula is C15H23NO4S2. The maximum absolute atomic E-state index is 12.7. The van der Waals surface area contributed by atoms with Gasteiger partial charge in [0, 0.05) is 6.04 Å². The van der Waals surface area contributed by atoms with E-state index in [1.165, 1.54) is 12.1 Å². The molecule has 1 heterocycles. The maximum atomic E-state index is 12.7. The third kappa shape index (κ3) is 4.08. The fourth-order valence-electron chi connectivity index (χ4n) is 2.65. The molecule has 1 aliphatic rings. The highest BCUT2D eigenvalue weighted by molar-refractivity contribution is 7.96. The summed E-state index contributed by atoms with van der Waals surface area (Å²) < 4.78 is 49.3. The van der Waals surface area contributed by atoms with Gasteiger partial charge in [-0.25, -0.2) is 16.8 Å². The molecule has 0 aliphatic carbocycles. The molecule has 0 saturated carbocycles. The van der Waals surface area contributed by atoms with E-state index in [1.807, 2.05) is 0 Å². The number of hydrogen-bond acceptors (Lipinski definition) is 5. The Bertz CT molecular complexity index is 696. The van der Waals surface area contributed by atoms with Crippen molar-refractivity contribution in [3.05, 3.63) is 30.3 Å². The van der Waals surface area contributed by atoms with Crippen molar-refractivity contribution in [3.8, 4) is 0 Å². The molecule has 0 spiro atoms. The highest BCUT2D eigenvalue weighted by atomic mass is 32.2. The lowest BCUT2D eigenvalue weighted by Gasteiger charge is -2.20. The number of hydrogen-bond donors (Lipinski definition) is 1. The predicted octanol–water partition coefficient (Wildman–Crippen LogP) is 1.26. The van der Waals surface area contributed by atoms with E-state index in [2.05, 4.69) is 19.2 Å². The Morgan fingerprint density at radius 3 is 2.41 bits per heavy atom. The van der Waals surface area contributed by atoms with Crippen LogP contribution in [0.1, 0.15) is 20.3 Å². The first kappa shape index (κ1) is 17.4. The fourth-order valence-corrected chi connectivity index (χ4v) is 7.39. The van der Waals surface area contributed by atoms with Gasteiger partial charge in [0.2, 0.25) is 0 Å². The van der Waals surface area contributed by atoms with E-state index in [1.54, 1.807) is 18.2 Å². The molecule has 1 aromatic rings. The largest absolute Gasteiger partial charge is 0.312 e. The summed E-state index contributed by atoms with van der Waals surface area (Å²) in [5.74, 6) is 0.0699. The van der Waals surface area contributed by atoms with Gasteiger partial charge in [0.15, 0.2) is 19.7 Å². The molecule has 2 atom stereocenters. The first-order valence-electron chi connectivity index (χ1n) is 7.45. The second-order valence-electron chi connectivity index (χ2n) is 6.22. The van der Waals surface area contributed by atoms with Gasteiger partial charge >= 0.3 is 0 Å². The van der Waals surface area contributed by atoms with Gasteiger partial charge in [-0.1, -0.05) is 32.0 Å². The van der Waals surface area contributed by atoms with Gasteiger partial charge in [0.05, 0.1) is 21.7 Å². The zero-order valence-electron chi connectivity index (χ0n) is 12.9. The van der Waals surface area contributed by atoms with E-state index in [0.717, 1.165) is 6.42 Å². The second kappa shape index (κ2) is 6.68. The lowest BCUT2D eigenvalue weighted by molar-refractivity contribution is 0.483. The van der Waals surface area contributed by atoms with Crippen LogP contribution in [0.4, 0.5) is 0 Å². The molecule has 7 heteroatoms. The summed E-state index contributed by atoms with van der Waals surface area (Å²) in [7, 11) is -6.98. The van der Waals surface area contributed by atoms with Crippen molar-refractivity contribution in [2.24, 2.45) is 5.92 Å². The molecule has 0 aromatic heterocycles. The van der Waals surface area contributed by atoms with Crippen molar-refractivity contribution in [1.82, 2.24) is 5.32 Å². The Hall–Kier alpha value is -0.920. The van der Waals surface area contributed by atoms with E-state index < -0.39 is 31.0 Å². The molecule has 1 N–H and O–H groups in total. The molecule has 22 heavy (non-hydrogen) atoms. The summed E-state index contributed by atoms with van der Waals surface area (Å²) in [6, 6.07) is 7.54. The summed E-state index contributed by atoms with van der Waals surface area (Å²) in [6.07, 6.45) is 0.884. The monoisotopic (exact) mass is 345 g/mol. The van der Waals surface area contributed by atoms with Gasteiger partial charge in [0.1, 0.15) is 0 Å². The van der Waals surface area contributed by atoms with Gasteiger partial charge in [-0.05, 0) is 31.0 Å². The minimum Gasteiger partial charge on any atom is -0.312 e. The molecular weight excluding hydrogens is 322 g/mol. The first-order chi connectivity index (χ1) is 10.2. The van der Waals surface area contributed by atoms with E-state index >= 15 is 0 Å². The van der Waals surface area contributed by atoms with Gasteiger partial charge in [0.25, 0.3) is 0 Å². The highest BCUT2D eigenvalue weighted by Crippen LogP contribution is 2.25. The van der Waals surface area contributed by atoms with Crippen LogP contribution in [-0.2, 0) is 19.7 Å². The van der Waals surface area contributed by atoms with E-state index in [9.17, 15) is 16.8 Å². The predicted molar refractivity (Wildman–Crippen MR) is 87.3 cm³/mol. The van der Waals surface area contributed by atoms with Crippen LogP contribution in [0, 0.1) is 5.92 Å². The first-order valence-corrected chi connectivity index (χ1v) is 10.8. The Labute approximate surface area is 133 Å². The van der Waals surface area contributed by atoms with Crippen molar-refractivity contribution in [3.63, 3.8) is 0 Å². The molecule has 0 amide bonds. The van der Waals surface area contributed by atoms with Crippen LogP contribution in [0.3, 0.4) is 0 Å². The minimum absolute atomic E-state index is 0.109. The molecule has 1 aromatic carbocycles. The average Bonchev–Trinajstić information content (AvgIpc) is 2.75. The highest BCUT2D eigenvalue weighted by Gasteiger charge is 2.45. The van der Waals surface area contributed by atoms with Crippen molar-refractivity contribution in [2.75, 3.05) is 18.1 Å². The molecule has 5 nitrogen and oxygen atoms in total. The van der Waals surface area contributed by atoms with Gasteiger partial charge < -0.3 is 5.32 Å². The average molecular weight is 345 g/mol. The Balaban J connectivity index is 2.22. The smallest absolute Gasteiger partial charge is 0.183 e. The second-order valence-corrected chi connectivity index (χ2v) is 10.5. The third-order valence-electron chi connectivity index (χ3n) is 3.90. The van der Waals surface area contributed by atoms with Crippen molar-refractivity contribution >= 4 is 19.7 Å². The molecule has 1 aliphatic heterocycles. The Morgan fingerprint density at radius 2 is 1.82 bits per heavy atom. The zero-order chi connectivity index (χ0) is 16.4. The van der Waals surface area contributed by atoms with Crippen LogP contribution >= 0.6 is 0 Å². The van der Waals surface area contributed by atoms with Crippen LogP contribution in [0.2, 0.25) is 0 Å². The van der Waals surface area contributed by atoms with Crippen molar-refractivity contribution in [1.29, 1.82) is 0 Å². The maximum Gasteiger partial charge on any atom is 0.183 e. The fraction of sp³-hybridized carbons (Fsp3) is 0.600. The standard InChI is InChI=1S/C15H23NO4S2/c1-12(2)8-9-16-14-10-21(17,18)11-15(14)22(19,20)13-6-4-3-5-7-13/h3-7,12,14-16H,8-11H2,1-2H3/t14-,15-/m0/s1. The third-order valence-corrected chi connectivity index (χ3v) is 8.07. The van der Waals surface area contributed by atoms with Gasteiger partial charge in [-0.15, -0.1) is 0 Å². The quantitative estimate of drug-likeness (QED) is 0.839. The summed E-state index contributed by atoms with van der Waals surface area (Å²) >= 11 is 0. The van der Waals surface area contributed by atoms with E-state index in [4.69, 9.17) is 0 Å². The van der Waals surface area contributed by atoms with E-state index in [0.29, 0.717) is 12.5 Å². The molecule has 124 valence electrons. The molecule has 0 radical (unpaired) electrons. The Morgan fingerprint density at radius 1 is 1.18 bits per heavy atom. The molecule has 1 fully saturated rings. The summed E-state index contributed by atoms with van der Waals surface area (Å²) in [5.41, 5.74) is 0.